The summed E-state index contributed by atoms with van der Waals surface area (Å²) in [5, 5.41) is 0. The molecule has 0 aliphatic carbocycles. The van der Waals surface area contributed by atoms with Crippen molar-refractivity contribution < 1.29 is 0 Å². The van der Waals surface area contributed by atoms with Crippen molar-refractivity contribution >= 4 is 16.5 Å². The second kappa shape index (κ2) is 2.21. The van der Waals surface area contributed by atoms with E-state index in [1.165, 1.54) is 0 Å². The first kappa shape index (κ1) is 7.54. The zero-order valence-corrected chi connectivity index (χ0v) is 10.3. The molecule has 0 heterocycles. The molecule has 0 rings (SSSR count). The monoisotopic (exact) mass is 162 g/mol. The van der Waals surface area contributed by atoms with Gasteiger partial charge >= 0.3 is 54.4 Å². The summed E-state index contributed by atoms with van der Waals surface area (Å²) < 4.78 is 0.986. The molecule has 0 radical (unpaired) electrons. The molecule has 44 valence electrons. The van der Waals surface area contributed by atoms with Crippen LogP contribution < -0.4 is 0 Å². The third-order valence-corrected chi connectivity index (χ3v) is 5.37. The molecule has 0 nitrogen and oxygen atoms in total. The molecule has 0 aliphatic heterocycles. The van der Waals surface area contributed by atoms with Gasteiger partial charge in [0.2, 0.25) is 0 Å². The quantitative estimate of drug-likeness (QED) is 0.468. The van der Waals surface area contributed by atoms with Crippen molar-refractivity contribution in [2.24, 2.45) is 5.41 Å². The van der Waals surface area contributed by atoms with Gasteiger partial charge in [-0.3, -0.25) is 0 Å². The molecule has 0 spiro atoms. The molecule has 1 heteroatoms. The van der Waals surface area contributed by atoms with Gasteiger partial charge in [0.15, 0.2) is 0 Å². The molecule has 1 atom stereocenters. The molecule has 0 saturated heterocycles. The first-order chi connectivity index (χ1) is 2.94. The van der Waals surface area contributed by atoms with Crippen LogP contribution in [0.1, 0.15) is 27.7 Å². The van der Waals surface area contributed by atoms with Crippen LogP contribution >= 0.6 is 0 Å². The van der Waals surface area contributed by atoms with E-state index >= 15 is 0 Å². The van der Waals surface area contributed by atoms with Gasteiger partial charge in [-0.05, 0) is 0 Å². The van der Waals surface area contributed by atoms with Crippen LogP contribution in [0.5, 0.6) is 0 Å². The van der Waals surface area contributed by atoms with Crippen molar-refractivity contribution in [1.82, 2.24) is 0 Å². The van der Waals surface area contributed by atoms with E-state index in [0.717, 1.165) is 21.3 Å². The van der Waals surface area contributed by atoms with Crippen LogP contribution in [-0.2, 0) is 0 Å². The van der Waals surface area contributed by atoms with E-state index in [2.05, 4.69) is 27.7 Å². The zero-order chi connectivity index (χ0) is 6.08. The zero-order valence-electron chi connectivity index (χ0n) is 6.08. The van der Waals surface area contributed by atoms with E-state index in [0.29, 0.717) is 5.41 Å². The number of hydrogen-bond acceptors (Lipinski definition) is 0. The predicted molar refractivity (Wildman–Crippen MR) is 38.8 cm³/mol. The van der Waals surface area contributed by atoms with Gasteiger partial charge in [-0.1, -0.05) is 0 Å². The van der Waals surface area contributed by atoms with Crippen LogP contribution in [0.2, 0.25) is 4.75 Å². The van der Waals surface area contributed by atoms with Crippen molar-refractivity contribution in [3.8, 4) is 0 Å². The minimum atomic E-state index is 0.583. The molecule has 7 heavy (non-hydrogen) atoms. The topological polar surface area (TPSA) is 0 Å². The van der Waals surface area contributed by atoms with E-state index in [1.54, 1.807) is 0 Å². The maximum atomic E-state index is 2.33. The van der Waals surface area contributed by atoms with Crippen LogP contribution in [0.25, 0.3) is 0 Å². The summed E-state index contributed by atoms with van der Waals surface area (Å²) in [5.41, 5.74) is 0.583. The molecule has 0 aromatic rings. The Labute approximate surface area is 54.9 Å². The summed E-state index contributed by atoms with van der Waals surface area (Å²) in [5.74, 6) is 0. The second-order valence-corrected chi connectivity index (χ2v) is 7.15. The van der Waals surface area contributed by atoms with Gasteiger partial charge in [-0.15, -0.1) is 0 Å². The Kier molecular flexibility index (Phi) is 2.38. The third kappa shape index (κ3) is 3.15. The van der Waals surface area contributed by atoms with Crippen LogP contribution in [-0.4, -0.2) is 16.5 Å². The fourth-order valence-corrected chi connectivity index (χ4v) is 0. The Morgan fingerprint density at radius 3 is 1.43 bits per heavy atom. The molecule has 0 aromatic heterocycles. The average Bonchev–Trinajstić information content (AvgIpc) is 1.31. The molecule has 0 N–H and O–H groups in total. The third-order valence-electron chi connectivity index (χ3n) is 1.73. The van der Waals surface area contributed by atoms with Crippen molar-refractivity contribution in [1.29, 1.82) is 0 Å². The summed E-state index contributed by atoms with van der Waals surface area (Å²) >= 11 is 1.01. The molecule has 0 saturated carbocycles. The van der Waals surface area contributed by atoms with Crippen molar-refractivity contribution in [3.63, 3.8) is 0 Å². The molecule has 0 amide bonds. The van der Waals surface area contributed by atoms with Gasteiger partial charge in [-0.2, -0.15) is 0 Å². The standard InChI is InChI=1S/C6H16Ge/c1-5(7)6(2,3)4/h5H,1-4,7H3. The molecule has 0 aliphatic rings. The second-order valence-electron chi connectivity index (χ2n) is 3.52. The van der Waals surface area contributed by atoms with E-state index in [4.69, 9.17) is 0 Å². The Balaban J connectivity index is 3.54. The average molecular weight is 161 g/mol. The Hall–Kier alpha value is 0.543. The molecule has 0 bridgehead atoms. The first-order valence-corrected chi connectivity index (χ1v) is 5.37. The summed E-state index contributed by atoms with van der Waals surface area (Å²) in [6, 6.07) is 0. The van der Waals surface area contributed by atoms with E-state index in [-0.39, 0.29) is 0 Å². The van der Waals surface area contributed by atoms with Gasteiger partial charge in [0.05, 0.1) is 0 Å². The van der Waals surface area contributed by atoms with Gasteiger partial charge in [-0.25, -0.2) is 0 Å². The molecule has 1 unspecified atom stereocenters. The molecular weight excluding hydrogens is 145 g/mol. The van der Waals surface area contributed by atoms with Crippen LogP contribution in [0.15, 0.2) is 0 Å². The van der Waals surface area contributed by atoms with E-state index < -0.39 is 0 Å². The SMILES string of the molecule is C[CH]([GeH3])C(C)(C)C. The Morgan fingerprint density at radius 1 is 1.29 bits per heavy atom. The summed E-state index contributed by atoms with van der Waals surface area (Å²) in [6.07, 6.45) is 0. The van der Waals surface area contributed by atoms with E-state index in [9.17, 15) is 0 Å². The summed E-state index contributed by atoms with van der Waals surface area (Å²) in [6.45, 7) is 9.26. The van der Waals surface area contributed by atoms with Crippen molar-refractivity contribution in [3.05, 3.63) is 0 Å². The van der Waals surface area contributed by atoms with Crippen LogP contribution in [0.4, 0.5) is 0 Å². The van der Waals surface area contributed by atoms with Crippen LogP contribution in [0.3, 0.4) is 0 Å². The van der Waals surface area contributed by atoms with Gasteiger partial charge in [0, 0.05) is 0 Å². The van der Waals surface area contributed by atoms with Gasteiger partial charge in [0.1, 0.15) is 0 Å². The first-order valence-electron chi connectivity index (χ1n) is 2.94. The predicted octanol–water partition coefficient (Wildman–Crippen LogP) is 1.21. The van der Waals surface area contributed by atoms with Gasteiger partial charge < -0.3 is 0 Å². The number of rotatable bonds is 0. The van der Waals surface area contributed by atoms with Crippen LogP contribution in [0, 0.1) is 5.41 Å². The van der Waals surface area contributed by atoms with E-state index in [1.807, 2.05) is 0 Å². The molecule has 0 fully saturated rings. The fourth-order valence-electron chi connectivity index (χ4n) is 0. The normalized spacial score (nSPS) is 17.1. The van der Waals surface area contributed by atoms with Crippen molar-refractivity contribution in [2.45, 2.75) is 32.4 Å². The molecule has 0 aromatic carbocycles. The fraction of sp³-hybridized carbons (Fsp3) is 1.00. The minimum absolute atomic E-state index is 0.583. The summed E-state index contributed by atoms with van der Waals surface area (Å²) in [4.78, 5) is 0. The number of hydrogen-bond donors (Lipinski definition) is 0. The van der Waals surface area contributed by atoms with Gasteiger partial charge in [0.25, 0.3) is 0 Å². The maximum absolute atomic E-state index is 2.33. The summed E-state index contributed by atoms with van der Waals surface area (Å²) in [7, 11) is 0. The Morgan fingerprint density at radius 2 is 1.43 bits per heavy atom. The molecular formula is C6H16Ge. The van der Waals surface area contributed by atoms with Crippen molar-refractivity contribution in [2.75, 3.05) is 0 Å². The Bertz CT molecular complexity index is 49.7.